The molecule has 2 aromatic rings. The van der Waals surface area contributed by atoms with Crippen molar-refractivity contribution >= 4 is 31.3 Å². The monoisotopic (exact) mass is 560 g/mol. The van der Waals surface area contributed by atoms with Gasteiger partial charge in [-0.25, -0.2) is 9.59 Å². The molecule has 8 nitrogen and oxygen atoms in total. The van der Waals surface area contributed by atoms with Crippen molar-refractivity contribution in [3.8, 4) is 11.1 Å². The molecule has 9 heteroatoms. The van der Waals surface area contributed by atoms with Crippen LogP contribution in [0.5, 0.6) is 0 Å². The Labute approximate surface area is 238 Å². The quantitative estimate of drug-likeness (QED) is 0.165. The molecule has 0 atom stereocenters. The van der Waals surface area contributed by atoms with Crippen LogP contribution in [0.2, 0.25) is 0 Å². The Kier molecular flexibility index (Phi) is 17.8. The van der Waals surface area contributed by atoms with E-state index in [1.165, 1.54) is 22.3 Å². The minimum Gasteiger partial charge on any atom is -0.483 e. The summed E-state index contributed by atoms with van der Waals surface area (Å²) in [7, 11) is 0. The van der Waals surface area contributed by atoms with Gasteiger partial charge in [-0.15, -0.1) is 0 Å². The summed E-state index contributed by atoms with van der Waals surface area (Å²) >= 11 is 3.53. The van der Waals surface area contributed by atoms with Crippen molar-refractivity contribution in [3.63, 3.8) is 0 Å². The summed E-state index contributed by atoms with van der Waals surface area (Å²) in [6.45, 7) is 11.8. The van der Waals surface area contributed by atoms with E-state index in [0.717, 1.165) is 12.1 Å². The fraction of sp³-hybridized carbons (Fsp3) is 0.433. The highest BCUT2D eigenvalue weighted by atomic mass is 32.1. The lowest BCUT2D eigenvalue weighted by molar-refractivity contribution is -0.122. The SMILES string of the molecule is C/C(=C\CCCNC(=O)OC(C)(C)C)NC(=O)OCC1c2ccccc2-c2ccccc21.CC.CS.O=CO. The van der Waals surface area contributed by atoms with Gasteiger partial charge in [0.2, 0.25) is 0 Å². The maximum Gasteiger partial charge on any atom is 0.411 e. The molecular formula is C30H44N2O6S. The Morgan fingerprint density at radius 1 is 0.974 bits per heavy atom. The summed E-state index contributed by atoms with van der Waals surface area (Å²) in [5.74, 6) is 0.0383. The van der Waals surface area contributed by atoms with E-state index in [0.29, 0.717) is 13.0 Å². The number of carboxylic acid groups (broad SMARTS) is 1. The summed E-state index contributed by atoms with van der Waals surface area (Å²) < 4.78 is 10.7. The second kappa shape index (κ2) is 19.6. The van der Waals surface area contributed by atoms with Gasteiger partial charge >= 0.3 is 12.2 Å². The van der Waals surface area contributed by atoms with Crippen LogP contribution in [0.15, 0.2) is 60.3 Å². The summed E-state index contributed by atoms with van der Waals surface area (Å²) in [6.07, 6.45) is 4.18. The maximum absolute atomic E-state index is 12.3. The van der Waals surface area contributed by atoms with E-state index in [9.17, 15) is 9.59 Å². The molecular weight excluding hydrogens is 516 g/mol. The normalized spacial score (nSPS) is 11.4. The van der Waals surface area contributed by atoms with Crippen LogP contribution >= 0.6 is 12.6 Å². The third kappa shape index (κ3) is 13.2. The topological polar surface area (TPSA) is 114 Å². The van der Waals surface area contributed by atoms with Gasteiger partial charge in [-0.1, -0.05) is 68.5 Å². The Morgan fingerprint density at radius 2 is 1.46 bits per heavy atom. The van der Waals surface area contributed by atoms with Crippen LogP contribution in [0.1, 0.15) is 71.4 Å². The van der Waals surface area contributed by atoms with E-state index in [4.69, 9.17) is 19.4 Å². The number of ether oxygens (including phenoxy) is 2. The molecule has 3 rings (SSSR count). The summed E-state index contributed by atoms with van der Waals surface area (Å²) in [6, 6.07) is 16.5. The second-order valence-corrected chi connectivity index (χ2v) is 9.01. The lowest BCUT2D eigenvalue weighted by atomic mass is 9.98. The number of nitrogens with one attached hydrogen (secondary N) is 2. The molecule has 0 saturated heterocycles. The highest BCUT2D eigenvalue weighted by Crippen LogP contribution is 2.44. The van der Waals surface area contributed by atoms with Gasteiger partial charge in [-0.3, -0.25) is 10.1 Å². The predicted molar refractivity (Wildman–Crippen MR) is 160 cm³/mol. The molecule has 216 valence electrons. The first-order valence-electron chi connectivity index (χ1n) is 12.9. The molecule has 3 N–H and O–H groups in total. The first-order valence-corrected chi connectivity index (χ1v) is 13.8. The third-order valence-electron chi connectivity index (χ3n) is 5.14. The molecule has 2 aromatic carbocycles. The van der Waals surface area contributed by atoms with E-state index in [-0.39, 0.29) is 19.0 Å². The maximum atomic E-state index is 12.3. The molecule has 0 aliphatic heterocycles. The average molecular weight is 561 g/mol. The van der Waals surface area contributed by atoms with Crippen LogP contribution in [-0.4, -0.2) is 48.8 Å². The lowest BCUT2D eigenvalue weighted by Gasteiger charge is -2.19. The van der Waals surface area contributed by atoms with Gasteiger partial charge in [0, 0.05) is 18.2 Å². The van der Waals surface area contributed by atoms with Crippen LogP contribution in [0, 0.1) is 0 Å². The molecule has 2 amide bonds. The zero-order valence-corrected chi connectivity index (χ0v) is 25.0. The fourth-order valence-corrected chi connectivity index (χ4v) is 3.77. The minimum atomic E-state index is -0.506. The Balaban J connectivity index is 0.00000189. The standard InChI is InChI=1S/C26H32N2O4.C2H6.CH2O2.CH4S/c1-18(11-9-10-16-27-24(29)32-26(2,3)4)28-25(30)31-17-23-21-14-7-5-12-19(21)20-13-6-8-15-22(20)23;1-2;2-1-3;1-2/h5-8,11-15,23H,9-10,16-17H2,1-4H3,(H,27,29)(H,28,30);1-2H3;1H,(H,2,3);2H,1H3/b18-11+;;;. The molecule has 0 aromatic heterocycles. The number of allylic oxidation sites excluding steroid dienone is 2. The number of carbonyl (C=O) groups excluding carboxylic acids is 2. The molecule has 39 heavy (non-hydrogen) atoms. The van der Waals surface area contributed by atoms with Gasteiger partial charge < -0.3 is 19.9 Å². The molecule has 1 aliphatic carbocycles. The van der Waals surface area contributed by atoms with Crippen molar-refractivity contribution in [2.45, 2.75) is 65.9 Å². The number of fused-ring (bicyclic) bond motifs is 3. The fourth-order valence-electron chi connectivity index (χ4n) is 3.77. The van der Waals surface area contributed by atoms with Gasteiger partial charge in [-0.2, -0.15) is 12.6 Å². The van der Waals surface area contributed by atoms with Crippen molar-refractivity contribution in [2.75, 3.05) is 19.4 Å². The van der Waals surface area contributed by atoms with Gasteiger partial charge in [0.05, 0.1) is 0 Å². The van der Waals surface area contributed by atoms with Crippen LogP contribution < -0.4 is 10.6 Å². The zero-order valence-electron chi connectivity index (χ0n) is 24.1. The molecule has 0 heterocycles. The van der Waals surface area contributed by atoms with Crippen molar-refractivity contribution in [3.05, 3.63) is 71.4 Å². The van der Waals surface area contributed by atoms with Gasteiger partial charge in [0.25, 0.3) is 6.47 Å². The third-order valence-corrected chi connectivity index (χ3v) is 5.14. The number of hydrogen-bond acceptors (Lipinski definition) is 6. The molecule has 0 saturated carbocycles. The first kappa shape index (κ1) is 35.5. The number of carbonyl (C=O) groups is 3. The summed E-state index contributed by atoms with van der Waals surface area (Å²) in [5, 5.41) is 12.4. The Hall–Kier alpha value is -3.46. The number of unbranched alkanes of at least 4 members (excludes halogenated alkanes) is 1. The number of amides is 2. The van der Waals surface area contributed by atoms with Crippen LogP contribution in [0.3, 0.4) is 0 Å². The molecule has 1 aliphatic rings. The van der Waals surface area contributed by atoms with E-state index >= 15 is 0 Å². The van der Waals surface area contributed by atoms with Gasteiger partial charge in [-0.05, 0) is 69.0 Å². The first-order chi connectivity index (χ1) is 18.7. The number of alkyl carbamates (subject to hydrolysis) is 2. The van der Waals surface area contributed by atoms with E-state index in [2.05, 4.69) is 47.5 Å². The highest BCUT2D eigenvalue weighted by molar-refractivity contribution is 7.79. The van der Waals surface area contributed by atoms with E-state index in [1.54, 1.807) is 6.26 Å². The van der Waals surface area contributed by atoms with Crippen molar-refractivity contribution in [2.24, 2.45) is 0 Å². The van der Waals surface area contributed by atoms with Crippen LogP contribution in [-0.2, 0) is 14.3 Å². The van der Waals surface area contributed by atoms with Crippen molar-refractivity contribution in [1.29, 1.82) is 0 Å². The zero-order chi connectivity index (χ0) is 29.8. The number of rotatable bonds is 7. The molecule has 0 fully saturated rings. The summed E-state index contributed by atoms with van der Waals surface area (Å²) in [4.78, 5) is 32.3. The van der Waals surface area contributed by atoms with Crippen molar-refractivity contribution < 1.29 is 29.0 Å². The Bertz CT molecular complexity index is 1000. The van der Waals surface area contributed by atoms with Gasteiger partial charge in [0.15, 0.2) is 0 Å². The van der Waals surface area contributed by atoms with Crippen LogP contribution in [0.4, 0.5) is 9.59 Å². The molecule has 0 bridgehead atoms. The van der Waals surface area contributed by atoms with Gasteiger partial charge in [0.1, 0.15) is 12.2 Å². The highest BCUT2D eigenvalue weighted by Gasteiger charge is 2.29. The smallest absolute Gasteiger partial charge is 0.411 e. The minimum absolute atomic E-state index is 0.0383. The summed E-state index contributed by atoms with van der Waals surface area (Å²) in [5.41, 5.74) is 4.99. The number of benzene rings is 2. The molecule has 0 spiro atoms. The molecule has 0 unspecified atom stereocenters. The number of hydrogen-bond donors (Lipinski definition) is 4. The predicted octanol–water partition coefficient (Wildman–Crippen LogP) is 7.01. The molecule has 0 radical (unpaired) electrons. The average Bonchev–Trinajstić information content (AvgIpc) is 3.23. The Morgan fingerprint density at radius 3 is 1.95 bits per heavy atom. The second-order valence-electron chi connectivity index (χ2n) is 9.01. The van der Waals surface area contributed by atoms with Crippen molar-refractivity contribution in [1.82, 2.24) is 10.6 Å². The van der Waals surface area contributed by atoms with Crippen LogP contribution in [0.25, 0.3) is 11.1 Å². The number of thiol groups is 1. The van der Waals surface area contributed by atoms with E-state index in [1.807, 2.05) is 71.9 Å². The van der Waals surface area contributed by atoms with E-state index < -0.39 is 17.8 Å². The largest absolute Gasteiger partial charge is 0.483 e. The lowest BCUT2D eigenvalue weighted by Crippen LogP contribution is -2.32.